The molecule has 2 aromatic carbocycles. The highest BCUT2D eigenvalue weighted by atomic mass is 35.5. The summed E-state index contributed by atoms with van der Waals surface area (Å²) in [6, 6.07) is 7.97. The number of rotatable bonds is 3. The molecule has 8 nitrogen and oxygen atoms in total. The van der Waals surface area contributed by atoms with Crippen molar-refractivity contribution in [1.29, 1.82) is 0 Å². The maximum Gasteiger partial charge on any atom is 0.333 e. The van der Waals surface area contributed by atoms with Crippen LogP contribution in [0.3, 0.4) is 0 Å². The van der Waals surface area contributed by atoms with Gasteiger partial charge >= 0.3 is 12.1 Å². The third-order valence-electron chi connectivity index (χ3n) is 3.22. The van der Waals surface area contributed by atoms with Gasteiger partial charge in [-0.2, -0.15) is 0 Å². The fourth-order valence-corrected chi connectivity index (χ4v) is 2.54. The number of primary amides is 2. The van der Waals surface area contributed by atoms with Crippen molar-refractivity contribution in [2.75, 3.05) is 10.0 Å². The summed E-state index contributed by atoms with van der Waals surface area (Å²) in [5, 5.41) is 1.93. The molecule has 0 fully saturated rings. The Labute approximate surface area is 147 Å². The molecule has 0 unspecified atom stereocenters. The van der Waals surface area contributed by atoms with Crippen molar-refractivity contribution in [3.8, 4) is 11.1 Å². The largest absolute Gasteiger partial charge is 0.350 e. The first kappa shape index (κ1) is 17.8. The number of benzene rings is 2. The summed E-state index contributed by atoms with van der Waals surface area (Å²) in [6.07, 6.45) is 0. The van der Waals surface area contributed by atoms with E-state index in [2.05, 4.69) is 0 Å². The Bertz CT molecular complexity index is 746. The molecule has 8 N–H and O–H groups in total. The van der Waals surface area contributed by atoms with Crippen LogP contribution in [0.25, 0.3) is 11.1 Å². The molecule has 126 valence electrons. The second kappa shape index (κ2) is 6.93. The third-order valence-corrected chi connectivity index (χ3v) is 3.83. The molecule has 0 spiro atoms. The van der Waals surface area contributed by atoms with E-state index in [0.29, 0.717) is 11.1 Å². The molecule has 0 heterocycles. The lowest BCUT2D eigenvalue weighted by atomic mass is 10.0. The molecular weight excluding hydrogens is 355 g/mol. The zero-order chi connectivity index (χ0) is 18.0. The number of nitrogens with two attached hydrogens (primary N) is 4. The van der Waals surface area contributed by atoms with Crippen molar-refractivity contribution in [3.05, 3.63) is 46.4 Å². The normalized spacial score (nSPS) is 10.3. The maximum atomic E-state index is 11.1. The molecule has 0 radical (unpaired) electrons. The number of nitrogens with zero attached hydrogens (tertiary/aromatic N) is 2. The Morgan fingerprint density at radius 1 is 0.750 bits per heavy atom. The van der Waals surface area contributed by atoms with E-state index < -0.39 is 12.1 Å². The van der Waals surface area contributed by atoms with E-state index in [0.717, 1.165) is 10.0 Å². The first-order valence-corrected chi connectivity index (χ1v) is 7.26. The molecule has 0 aliphatic rings. The molecular formula is C14H14Cl2N6O2. The number of carbonyl (C=O) groups is 2. The van der Waals surface area contributed by atoms with Gasteiger partial charge in [0.25, 0.3) is 0 Å². The summed E-state index contributed by atoms with van der Waals surface area (Å²) < 4.78 is 0. The summed E-state index contributed by atoms with van der Waals surface area (Å²) in [5.41, 5.74) is 12.1. The second-order valence-corrected chi connectivity index (χ2v) is 5.56. The number of carbonyl (C=O) groups excluding carboxylic acids is 2. The number of amides is 4. The molecule has 0 bridgehead atoms. The van der Waals surface area contributed by atoms with Gasteiger partial charge in [0.05, 0.1) is 21.4 Å². The Balaban J connectivity index is 2.39. The topological polar surface area (TPSA) is 145 Å². The lowest BCUT2D eigenvalue weighted by molar-refractivity contribution is 0.253. The number of anilines is 2. The minimum Gasteiger partial charge on any atom is -0.350 e. The van der Waals surface area contributed by atoms with Crippen molar-refractivity contribution >= 4 is 46.6 Å². The highest BCUT2D eigenvalue weighted by Crippen LogP contribution is 2.34. The summed E-state index contributed by atoms with van der Waals surface area (Å²) >= 11 is 12.3. The van der Waals surface area contributed by atoms with Crippen LogP contribution in [0.1, 0.15) is 0 Å². The predicted molar refractivity (Wildman–Crippen MR) is 94.4 cm³/mol. The summed E-state index contributed by atoms with van der Waals surface area (Å²) in [6.45, 7) is 0. The van der Waals surface area contributed by atoms with E-state index in [1.165, 1.54) is 0 Å². The van der Waals surface area contributed by atoms with E-state index in [9.17, 15) is 9.59 Å². The van der Waals surface area contributed by atoms with Crippen molar-refractivity contribution in [3.63, 3.8) is 0 Å². The average molecular weight is 369 g/mol. The molecule has 2 aromatic rings. The first-order valence-electron chi connectivity index (χ1n) is 6.50. The van der Waals surface area contributed by atoms with Gasteiger partial charge in [0, 0.05) is 0 Å². The van der Waals surface area contributed by atoms with Crippen LogP contribution in [-0.2, 0) is 0 Å². The maximum absolute atomic E-state index is 11.1. The Kier molecular flexibility index (Phi) is 5.15. The zero-order valence-corrected chi connectivity index (χ0v) is 13.8. The minimum atomic E-state index is -0.841. The SMILES string of the molecule is NC(=O)N(N)c1ccc(-c2ccc(N(N)C(N)=O)c(Cl)c2)cc1Cl. The molecule has 10 heteroatoms. The highest BCUT2D eigenvalue weighted by molar-refractivity contribution is 6.34. The van der Waals surface area contributed by atoms with Crippen molar-refractivity contribution < 1.29 is 9.59 Å². The smallest absolute Gasteiger partial charge is 0.333 e. The van der Waals surface area contributed by atoms with Crippen molar-refractivity contribution in [2.24, 2.45) is 23.2 Å². The van der Waals surface area contributed by atoms with Gasteiger partial charge in [-0.15, -0.1) is 0 Å². The number of halogens is 2. The van der Waals surface area contributed by atoms with Crippen molar-refractivity contribution in [1.82, 2.24) is 0 Å². The molecule has 2 rings (SSSR count). The summed E-state index contributed by atoms with van der Waals surface area (Å²) in [4.78, 5) is 22.2. The molecule has 0 aliphatic carbocycles. The van der Waals surface area contributed by atoms with Crippen LogP contribution in [-0.4, -0.2) is 12.1 Å². The van der Waals surface area contributed by atoms with E-state index in [4.69, 9.17) is 46.4 Å². The van der Waals surface area contributed by atoms with E-state index in [1.54, 1.807) is 36.4 Å². The fraction of sp³-hybridized carbons (Fsp3) is 0. The van der Waals surface area contributed by atoms with E-state index in [-0.39, 0.29) is 21.4 Å². The lowest BCUT2D eigenvalue weighted by Gasteiger charge is -2.17. The minimum absolute atomic E-state index is 0.228. The van der Waals surface area contributed by atoms with Gasteiger partial charge in [0.15, 0.2) is 0 Å². The van der Waals surface area contributed by atoms with Crippen LogP contribution < -0.4 is 33.2 Å². The average Bonchev–Trinajstić information content (AvgIpc) is 2.53. The van der Waals surface area contributed by atoms with Crippen LogP contribution in [0.2, 0.25) is 10.0 Å². The van der Waals surface area contributed by atoms with Gasteiger partial charge < -0.3 is 11.5 Å². The molecule has 0 atom stereocenters. The van der Waals surface area contributed by atoms with Gasteiger partial charge in [-0.25, -0.2) is 31.3 Å². The molecule has 0 saturated carbocycles. The summed E-state index contributed by atoms with van der Waals surface area (Å²) in [5.74, 6) is 11.0. The molecule has 0 aromatic heterocycles. The van der Waals surface area contributed by atoms with Crippen LogP contribution in [0.15, 0.2) is 36.4 Å². The number of hydrogen-bond donors (Lipinski definition) is 4. The molecule has 0 saturated heterocycles. The van der Waals surface area contributed by atoms with Gasteiger partial charge in [0.2, 0.25) is 0 Å². The highest BCUT2D eigenvalue weighted by Gasteiger charge is 2.15. The number of hydrogen-bond acceptors (Lipinski definition) is 4. The van der Waals surface area contributed by atoms with Crippen LogP contribution in [0.5, 0.6) is 0 Å². The Morgan fingerprint density at radius 2 is 1.08 bits per heavy atom. The summed E-state index contributed by atoms with van der Waals surface area (Å²) in [7, 11) is 0. The monoisotopic (exact) mass is 368 g/mol. The van der Waals surface area contributed by atoms with E-state index in [1.807, 2.05) is 0 Å². The Morgan fingerprint density at radius 3 is 1.33 bits per heavy atom. The number of hydrazine groups is 2. The van der Waals surface area contributed by atoms with E-state index >= 15 is 0 Å². The fourth-order valence-electron chi connectivity index (χ4n) is 2.00. The second-order valence-electron chi connectivity index (χ2n) is 4.75. The van der Waals surface area contributed by atoms with Gasteiger partial charge in [0.1, 0.15) is 0 Å². The van der Waals surface area contributed by atoms with Crippen LogP contribution in [0, 0.1) is 0 Å². The lowest BCUT2D eigenvalue weighted by Crippen LogP contribution is -2.41. The molecule has 24 heavy (non-hydrogen) atoms. The predicted octanol–water partition coefficient (Wildman–Crippen LogP) is 2.18. The van der Waals surface area contributed by atoms with Gasteiger partial charge in [-0.05, 0) is 35.4 Å². The van der Waals surface area contributed by atoms with Crippen molar-refractivity contribution in [2.45, 2.75) is 0 Å². The van der Waals surface area contributed by atoms with Crippen LogP contribution in [0.4, 0.5) is 21.0 Å². The molecule has 0 aliphatic heterocycles. The molecule has 4 amide bonds. The number of urea groups is 2. The third kappa shape index (κ3) is 3.52. The standard InChI is InChI=1S/C14H14Cl2N6O2/c15-9-5-7(1-3-11(9)21(19)13(17)23)8-2-4-12(10(16)6-8)22(20)14(18)24/h1-6H,19-20H2,(H2,17,23)(H2,18,24). The van der Waals surface area contributed by atoms with Crippen LogP contribution >= 0.6 is 23.2 Å². The van der Waals surface area contributed by atoms with Gasteiger partial charge in [-0.1, -0.05) is 35.3 Å². The first-order chi connectivity index (χ1) is 11.2. The quantitative estimate of drug-likeness (QED) is 0.373. The zero-order valence-electron chi connectivity index (χ0n) is 12.2. The van der Waals surface area contributed by atoms with Gasteiger partial charge in [-0.3, -0.25) is 0 Å². The Hall–Kier alpha value is -2.52.